The van der Waals surface area contributed by atoms with Crippen LogP contribution in [0.5, 0.6) is 0 Å². The van der Waals surface area contributed by atoms with E-state index in [2.05, 4.69) is 5.16 Å². The van der Waals surface area contributed by atoms with Gasteiger partial charge in [-0.05, 0) is 25.8 Å². The molecule has 18 heavy (non-hydrogen) atoms. The zero-order valence-electron chi connectivity index (χ0n) is 11.0. The Bertz CT molecular complexity index is 418. The van der Waals surface area contributed by atoms with E-state index in [4.69, 9.17) is 4.84 Å². The lowest BCUT2D eigenvalue weighted by atomic mass is 10.1. The maximum Gasteiger partial charge on any atom is 0.365 e. The number of hydrogen-bond acceptors (Lipinski definition) is 4. The molecule has 0 unspecified atom stereocenters. The molecule has 1 aromatic carbocycles. The molecule has 0 saturated carbocycles. The van der Waals surface area contributed by atoms with Crippen LogP contribution in [-0.4, -0.2) is 22.4 Å². The first-order valence-electron chi connectivity index (χ1n) is 6.01. The molecule has 0 spiro atoms. The van der Waals surface area contributed by atoms with Crippen LogP contribution in [-0.2, 0) is 9.63 Å². The number of carbonyl (C=O) groups is 1. The molecule has 1 N–H and O–H groups in total. The van der Waals surface area contributed by atoms with Gasteiger partial charge in [0.05, 0.1) is 5.71 Å². The second-order valence-corrected chi connectivity index (χ2v) is 4.59. The Labute approximate surface area is 107 Å². The molecule has 1 aromatic rings. The average molecular weight is 249 g/mol. The van der Waals surface area contributed by atoms with E-state index in [9.17, 15) is 9.90 Å². The predicted octanol–water partition coefficient (Wildman–Crippen LogP) is 2.50. The van der Waals surface area contributed by atoms with E-state index >= 15 is 0 Å². The van der Waals surface area contributed by atoms with Crippen LogP contribution in [0.15, 0.2) is 35.5 Å². The lowest BCUT2D eigenvalue weighted by Crippen LogP contribution is -2.32. The largest absolute Gasteiger partial charge is 0.379 e. The van der Waals surface area contributed by atoms with Crippen LogP contribution in [0.3, 0.4) is 0 Å². The maximum absolute atomic E-state index is 11.4. The summed E-state index contributed by atoms with van der Waals surface area (Å²) in [4.78, 5) is 16.2. The second-order valence-electron chi connectivity index (χ2n) is 4.59. The summed E-state index contributed by atoms with van der Waals surface area (Å²) in [5, 5.41) is 13.3. The highest BCUT2D eigenvalue weighted by atomic mass is 16.7. The average Bonchev–Trinajstić information content (AvgIpc) is 2.34. The Hall–Kier alpha value is -1.68. The topological polar surface area (TPSA) is 58.9 Å². The zero-order chi connectivity index (χ0) is 13.6. The van der Waals surface area contributed by atoms with Crippen molar-refractivity contribution in [2.75, 3.05) is 0 Å². The minimum absolute atomic E-state index is 0.704. The van der Waals surface area contributed by atoms with Crippen molar-refractivity contribution in [3.63, 3.8) is 0 Å². The van der Waals surface area contributed by atoms with Gasteiger partial charge >= 0.3 is 5.97 Å². The Kier molecular flexibility index (Phi) is 5.04. The summed E-state index contributed by atoms with van der Waals surface area (Å²) in [6.07, 6.45) is 1.61. The molecule has 0 radical (unpaired) electrons. The van der Waals surface area contributed by atoms with Gasteiger partial charge in [0, 0.05) is 0 Å². The maximum atomic E-state index is 11.4. The Morgan fingerprint density at radius 3 is 2.44 bits per heavy atom. The van der Waals surface area contributed by atoms with Crippen molar-refractivity contribution in [1.29, 1.82) is 0 Å². The first-order valence-corrected chi connectivity index (χ1v) is 6.01. The molecule has 98 valence electrons. The van der Waals surface area contributed by atoms with Gasteiger partial charge in [-0.2, -0.15) is 0 Å². The van der Waals surface area contributed by atoms with Crippen LogP contribution in [0.4, 0.5) is 0 Å². The lowest BCUT2D eigenvalue weighted by molar-refractivity contribution is -0.161. The molecule has 0 fully saturated rings. The number of carbonyl (C=O) groups excluding carboxylic acids is 1. The second kappa shape index (κ2) is 6.31. The van der Waals surface area contributed by atoms with Crippen LogP contribution in [0, 0.1) is 0 Å². The van der Waals surface area contributed by atoms with E-state index in [1.165, 1.54) is 13.8 Å². The van der Waals surface area contributed by atoms with E-state index in [1.54, 1.807) is 0 Å². The first kappa shape index (κ1) is 14.4. The van der Waals surface area contributed by atoms with Gasteiger partial charge in [0.1, 0.15) is 0 Å². The van der Waals surface area contributed by atoms with E-state index < -0.39 is 11.6 Å². The third-order valence-electron chi connectivity index (χ3n) is 2.33. The van der Waals surface area contributed by atoms with Crippen molar-refractivity contribution in [1.82, 2.24) is 0 Å². The summed E-state index contributed by atoms with van der Waals surface area (Å²) in [5.74, 6) is -0.757. The Morgan fingerprint density at radius 1 is 1.33 bits per heavy atom. The predicted molar refractivity (Wildman–Crippen MR) is 70.3 cm³/mol. The van der Waals surface area contributed by atoms with Crippen molar-refractivity contribution in [3.8, 4) is 0 Å². The molecule has 4 heteroatoms. The van der Waals surface area contributed by atoms with Crippen LogP contribution >= 0.6 is 0 Å². The van der Waals surface area contributed by atoms with Crippen LogP contribution in [0.25, 0.3) is 0 Å². The minimum atomic E-state index is -1.53. The Morgan fingerprint density at radius 2 is 1.94 bits per heavy atom. The van der Waals surface area contributed by atoms with Gasteiger partial charge in [-0.15, -0.1) is 0 Å². The van der Waals surface area contributed by atoms with Crippen molar-refractivity contribution in [2.45, 2.75) is 39.2 Å². The van der Waals surface area contributed by atoms with Gasteiger partial charge < -0.3 is 9.94 Å². The normalized spacial score (nSPS) is 12.3. The van der Waals surface area contributed by atoms with Crippen LogP contribution in [0.2, 0.25) is 0 Å². The molecule has 0 saturated heterocycles. The SMILES string of the molecule is CCCC(=NOC(=O)C(C)(C)O)c1ccccc1. The van der Waals surface area contributed by atoms with Crippen molar-refractivity contribution in [2.24, 2.45) is 5.16 Å². The molecule has 0 atom stereocenters. The quantitative estimate of drug-likeness (QED) is 0.495. The monoisotopic (exact) mass is 249 g/mol. The number of oxime groups is 1. The molecule has 0 aromatic heterocycles. The highest BCUT2D eigenvalue weighted by Gasteiger charge is 2.26. The molecular formula is C14H19NO3. The van der Waals surface area contributed by atoms with Crippen molar-refractivity contribution >= 4 is 11.7 Å². The highest BCUT2D eigenvalue weighted by molar-refractivity contribution is 6.00. The van der Waals surface area contributed by atoms with Crippen LogP contribution in [0.1, 0.15) is 39.2 Å². The molecule has 0 amide bonds. The number of nitrogens with zero attached hydrogens (tertiary/aromatic N) is 1. The van der Waals surface area contributed by atoms with Gasteiger partial charge in [-0.3, -0.25) is 0 Å². The fourth-order valence-electron chi connectivity index (χ4n) is 1.32. The molecule has 4 nitrogen and oxygen atoms in total. The van der Waals surface area contributed by atoms with Gasteiger partial charge in [-0.1, -0.05) is 48.8 Å². The summed E-state index contributed by atoms with van der Waals surface area (Å²) >= 11 is 0. The minimum Gasteiger partial charge on any atom is -0.379 e. The fourth-order valence-corrected chi connectivity index (χ4v) is 1.32. The summed E-state index contributed by atoms with van der Waals surface area (Å²) in [6.45, 7) is 4.76. The lowest BCUT2D eigenvalue weighted by Gasteiger charge is -2.13. The van der Waals surface area contributed by atoms with E-state index in [-0.39, 0.29) is 0 Å². The molecule has 0 aliphatic carbocycles. The van der Waals surface area contributed by atoms with Crippen molar-refractivity contribution < 1.29 is 14.7 Å². The number of benzene rings is 1. The smallest absolute Gasteiger partial charge is 0.365 e. The van der Waals surface area contributed by atoms with Gasteiger partial charge in [-0.25, -0.2) is 4.79 Å². The van der Waals surface area contributed by atoms with Gasteiger partial charge in [0.15, 0.2) is 5.60 Å². The zero-order valence-corrected chi connectivity index (χ0v) is 11.0. The molecule has 1 rings (SSSR count). The van der Waals surface area contributed by atoms with Gasteiger partial charge in [0.25, 0.3) is 0 Å². The molecular weight excluding hydrogens is 230 g/mol. The molecule has 0 aliphatic rings. The molecule has 0 heterocycles. The van der Waals surface area contributed by atoms with E-state index in [0.29, 0.717) is 12.1 Å². The fraction of sp³-hybridized carbons (Fsp3) is 0.429. The standard InChI is InChI=1S/C14H19NO3/c1-4-8-12(11-9-6-5-7-10-11)15-18-13(16)14(2,3)17/h5-7,9-10,17H,4,8H2,1-3H3. The van der Waals surface area contributed by atoms with Gasteiger partial charge in [0.2, 0.25) is 0 Å². The summed E-state index contributed by atoms with van der Waals surface area (Å²) in [7, 11) is 0. The van der Waals surface area contributed by atoms with Crippen LogP contribution < -0.4 is 0 Å². The number of hydrogen-bond donors (Lipinski definition) is 1. The highest BCUT2D eigenvalue weighted by Crippen LogP contribution is 2.09. The first-order chi connectivity index (χ1) is 8.45. The summed E-state index contributed by atoms with van der Waals surface area (Å²) in [5.41, 5.74) is 0.0935. The van der Waals surface area contributed by atoms with E-state index in [1.807, 2.05) is 37.3 Å². The molecule has 0 bridgehead atoms. The Balaban J connectivity index is 2.83. The molecule has 0 aliphatic heterocycles. The number of aliphatic hydroxyl groups is 1. The van der Waals surface area contributed by atoms with Crippen molar-refractivity contribution in [3.05, 3.63) is 35.9 Å². The summed E-state index contributed by atoms with van der Waals surface area (Å²) < 4.78 is 0. The summed E-state index contributed by atoms with van der Waals surface area (Å²) in [6, 6.07) is 9.53. The third-order valence-corrected chi connectivity index (χ3v) is 2.33. The third kappa shape index (κ3) is 4.30. The number of rotatable bonds is 5. The van der Waals surface area contributed by atoms with E-state index in [0.717, 1.165) is 12.0 Å².